The van der Waals surface area contributed by atoms with Gasteiger partial charge in [-0.3, -0.25) is 0 Å². The highest BCUT2D eigenvalue weighted by atomic mass is 35.5. The topological polar surface area (TPSA) is 53.5 Å². The Hall–Kier alpha value is -1.14. The van der Waals surface area contributed by atoms with Crippen molar-refractivity contribution < 1.29 is 9.84 Å². The number of hydrogen-bond acceptors (Lipinski definition) is 3. The van der Waals surface area contributed by atoms with Crippen molar-refractivity contribution in [2.24, 2.45) is 5.41 Å². The van der Waals surface area contributed by atoms with Crippen LogP contribution >= 0.6 is 23.8 Å². The third-order valence-electron chi connectivity index (χ3n) is 3.66. The fourth-order valence-corrected chi connectivity index (χ4v) is 2.97. The van der Waals surface area contributed by atoms with Gasteiger partial charge in [0.05, 0.1) is 6.04 Å². The van der Waals surface area contributed by atoms with Crippen molar-refractivity contribution in [3.63, 3.8) is 0 Å². The van der Waals surface area contributed by atoms with E-state index in [-0.39, 0.29) is 11.5 Å². The summed E-state index contributed by atoms with van der Waals surface area (Å²) in [6, 6.07) is 7.23. The first-order valence-electron chi connectivity index (χ1n) is 7.61. The first-order chi connectivity index (χ1) is 10.7. The number of hydrogen-bond donors (Lipinski definition) is 3. The lowest BCUT2D eigenvalue weighted by Crippen LogP contribution is -2.49. The maximum atomic E-state index is 10.6. The van der Waals surface area contributed by atoms with Crippen molar-refractivity contribution in [2.45, 2.75) is 40.0 Å². The summed E-state index contributed by atoms with van der Waals surface area (Å²) >= 11 is 11.3. The van der Waals surface area contributed by atoms with Crippen molar-refractivity contribution in [1.29, 1.82) is 0 Å². The number of allylic oxidation sites excluding steroid dienone is 1. The van der Waals surface area contributed by atoms with Crippen LogP contribution < -0.4 is 10.6 Å². The minimum absolute atomic E-state index is 0.218. The zero-order valence-corrected chi connectivity index (χ0v) is 15.4. The number of thiocarbonyl (C=S) groups is 1. The molecule has 0 bridgehead atoms. The van der Waals surface area contributed by atoms with Gasteiger partial charge in [0.15, 0.2) is 11.4 Å². The first kappa shape index (κ1) is 18.2. The summed E-state index contributed by atoms with van der Waals surface area (Å²) < 4.78 is 5.47. The predicted molar refractivity (Wildman–Crippen MR) is 97.2 cm³/mol. The van der Waals surface area contributed by atoms with E-state index in [0.717, 1.165) is 16.8 Å². The lowest BCUT2D eigenvalue weighted by molar-refractivity contribution is -0.0727. The number of rotatable bonds is 4. The van der Waals surface area contributed by atoms with Gasteiger partial charge in [-0.1, -0.05) is 44.5 Å². The summed E-state index contributed by atoms with van der Waals surface area (Å²) in [6.07, 6.45) is -1.02. The van der Waals surface area contributed by atoms with Gasteiger partial charge in [-0.15, -0.1) is 0 Å². The van der Waals surface area contributed by atoms with Crippen molar-refractivity contribution in [3.8, 4) is 0 Å². The molecule has 0 aliphatic carbocycles. The molecule has 1 aromatic carbocycles. The monoisotopic (exact) mass is 354 g/mol. The zero-order chi connectivity index (χ0) is 17.2. The predicted octanol–water partition coefficient (Wildman–Crippen LogP) is 3.51. The molecule has 6 heteroatoms. The third-order valence-corrected chi connectivity index (χ3v) is 4.13. The van der Waals surface area contributed by atoms with Crippen LogP contribution in [0, 0.1) is 5.41 Å². The van der Waals surface area contributed by atoms with Gasteiger partial charge in [0.1, 0.15) is 0 Å². The van der Waals surface area contributed by atoms with Gasteiger partial charge in [0.25, 0.3) is 0 Å². The van der Waals surface area contributed by atoms with Crippen LogP contribution in [0.2, 0.25) is 5.02 Å². The van der Waals surface area contributed by atoms with Crippen molar-refractivity contribution >= 4 is 28.9 Å². The Bertz CT molecular complexity index is 608. The number of halogens is 1. The second-order valence-electron chi connectivity index (χ2n) is 6.47. The highest BCUT2D eigenvalue weighted by Crippen LogP contribution is 2.37. The Morgan fingerprint density at radius 2 is 1.91 bits per heavy atom. The average molecular weight is 355 g/mol. The summed E-state index contributed by atoms with van der Waals surface area (Å²) in [5.41, 5.74) is 2.37. The van der Waals surface area contributed by atoms with Crippen LogP contribution in [-0.4, -0.2) is 23.1 Å². The van der Waals surface area contributed by atoms with E-state index in [0.29, 0.717) is 16.7 Å². The number of nitrogens with one attached hydrogen (secondary N) is 2. The minimum atomic E-state index is -1.02. The first-order valence-corrected chi connectivity index (χ1v) is 8.40. The van der Waals surface area contributed by atoms with Crippen LogP contribution in [0.1, 0.15) is 39.3 Å². The largest absolute Gasteiger partial charge is 0.364 e. The van der Waals surface area contributed by atoms with E-state index in [9.17, 15) is 5.11 Å². The Morgan fingerprint density at radius 1 is 1.30 bits per heavy atom. The smallest absolute Gasteiger partial charge is 0.181 e. The second-order valence-corrected chi connectivity index (χ2v) is 7.32. The molecule has 0 aromatic heterocycles. The lowest BCUT2D eigenvalue weighted by Gasteiger charge is -2.39. The normalized spacial score (nSPS) is 20.1. The van der Waals surface area contributed by atoms with E-state index < -0.39 is 6.29 Å². The molecule has 0 radical (unpaired) electrons. The molecule has 1 aliphatic rings. The summed E-state index contributed by atoms with van der Waals surface area (Å²) in [4.78, 5) is 0. The fraction of sp³-hybridized carbons (Fsp3) is 0.471. The quantitative estimate of drug-likeness (QED) is 0.570. The van der Waals surface area contributed by atoms with E-state index >= 15 is 0 Å². The zero-order valence-electron chi connectivity index (χ0n) is 13.8. The van der Waals surface area contributed by atoms with E-state index in [1.54, 1.807) is 0 Å². The SMILES string of the molecule is CCOC(O)C1=C(C(C)(C)C)NC(=S)NC1c1ccc(Cl)cc1. The molecular weight excluding hydrogens is 332 g/mol. The summed E-state index contributed by atoms with van der Waals surface area (Å²) in [7, 11) is 0. The molecule has 2 rings (SSSR count). The maximum absolute atomic E-state index is 10.6. The average Bonchev–Trinajstić information content (AvgIpc) is 2.46. The standard InChI is InChI=1S/C17H23ClN2O2S/c1-5-22-15(21)12-13(10-6-8-11(18)9-7-10)19-16(23)20-14(12)17(2,3)4/h6-9,13,15,21H,5H2,1-4H3,(H2,19,20,23). The molecule has 2 unspecified atom stereocenters. The molecule has 0 amide bonds. The molecule has 2 atom stereocenters. The number of ether oxygens (including phenoxy) is 1. The van der Waals surface area contributed by atoms with Crippen LogP contribution in [-0.2, 0) is 4.74 Å². The van der Waals surface area contributed by atoms with Crippen molar-refractivity contribution in [2.75, 3.05) is 6.61 Å². The molecule has 0 fully saturated rings. The Kier molecular flexibility index (Phi) is 5.68. The minimum Gasteiger partial charge on any atom is -0.364 e. The Morgan fingerprint density at radius 3 is 2.43 bits per heavy atom. The second kappa shape index (κ2) is 7.18. The molecule has 0 spiro atoms. The molecule has 1 aliphatic heterocycles. The maximum Gasteiger partial charge on any atom is 0.181 e. The molecule has 1 heterocycles. The van der Waals surface area contributed by atoms with Crippen molar-refractivity contribution in [3.05, 3.63) is 46.1 Å². The van der Waals surface area contributed by atoms with E-state index in [2.05, 4.69) is 31.4 Å². The summed E-state index contributed by atoms with van der Waals surface area (Å²) in [5, 5.41) is 18.2. The Labute approximate surface area is 147 Å². The summed E-state index contributed by atoms with van der Waals surface area (Å²) in [6.45, 7) is 8.48. The van der Waals surface area contributed by atoms with E-state index in [1.807, 2.05) is 31.2 Å². The molecule has 1 aromatic rings. The molecule has 3 N–H and O–H groups in total. The number of benzene rings is 1. The van der Waals surface area contributed by atoms with Gasteiger partial charge in [0.2, 0.25) is 0 Å². The van der Waals surface area contributed by atoms with Crippen LogP contribution in [0.5, 0.6) is 0 Å². The third kappa shape index (κ3) is 4.23. The molecule has 4 nitrogen and oxygen atoms in total. The van der Waals surface area contributed by atoms with Crippen LogP contribution in [0.4, 0.5) is 0 Å². The van der Waals surface area contributed by atoms with Gasteiger partial charge >= 0.3 is 0 Å². The number of aliphatic hydroxyl groups excluding tert-OH is 1. The van der Waals surface area contributed by atoms with Crippen LogP contribution in [0.25, 0.3) is 0 Å². The molecular formula is C17H23ClN2O2S. The van der Waals surface area contributed by atoms with Gasteiger partial charge in [-0.05, 0) is 36.8 Å². The molecule has 0 saturated heterocycles. The Balaban J connectivity index is 2.56. The van der Waals surface area contributed by atoms with Crippen molar-refractivity contribution in [1.82, 2.24) is 10.6 Å². The van der Waals surface area contributed by atoms with Gasteiger partial charge in [-0.25, -0.2) is 0 Å². The van der Waals surface area contributed by atoms with Gasteiger partial charge in [-0.2, -0.15) is 0 Å². The highest BCUT2D eigenvalue weighted by Gasteiger charge is 2.36. The number of aliphatic hydroxyl groups is 1. The molecule has 23 heavy (non-hydrogen) atoms. The summed E-state index contributed by atoms with van der Waals surface area (Å²) in [5.74, 6) is 0. The van der Waals surface area contributed by atoms with E-state index in [1.165, 1.54) is 0 Å². The van der Waals surface area contributed by atoms with E-state index in [4.69, 9.17) is 28.6 Å². The highest BCUT2D eigenvalue weighted by molar-refractivity contribution is 7.80. The van der Waals surface area contributed by atoms with Crippen LogP contribution in [0.15, 0.2) is 35.5 Å². The fourth-order valence-electron chi connectivity index (χ4n) is 2.63. The lowest BCUT2D eigenvalue weighted by atomic mass is 9.83. The van der Waals surface area contributed by atoms with Crippen LogP contribution in [0.3, 0.4) is 0 Å². The molecule has 126 valence electrons. The molecule has 0 saturated carbocycles. The van der Waals surface area contributed by atoms with Gasteiger partial charge < -0.3 is 20.5 Å². The van der Waals surface area contributed by atoms with Gasteiger partial charge in [0, 0.05) is 28.3 Å².